The molecular weight excluding hydrogens is 645 g/mol. The Morgan fingerprint density at radius 1 is 0.509 bits per heavy atom. The molecule has 0 bridgehead atoms. The van der Waals surface area contributed by atoms with Crippen LogP contribution in [-0.2, 0) is 6.42 Å². The standard InChI is InChI=1S/C49H32N4/c1-2-13-32(14-3-1)47-50-48(36-24-25-38-35(28-36)23-27-39-37-17-7-6-12-31(37)22-26-40(38)39)52-49(51-47)42-19-9-11-21-45(42)53-44-20-10-8-18-41(44)43-29-33-15-4-5-16-34(33)30-46(43)53/h1-28,30,33H,29H2. The molecule has 0 saturated carbocycles. The molecule has 0 radical (unpaired) electrons. The summed E-state index contributed by atoms with van der Waals surface area (Å²) in [6.45, 7) is 0. The SMILES string of the molecule is C1=CC2=Cc3c(c4ccccc4n3-c3ccccc3-c3nc(-c4ccccc4)nc(-c4ccc5c(ccc6c7ccccc7ccc56)c4)n3)CC2C=C1. The molecule has 0 N–H and O–H groups in total. The number of allylic oxidation sites excluding steroid dienone is 5. The first kappa shape index (κ1) is 29.8. The molecule has 11 rings (SSSR count). The van der Waals surface area contributed by atoms with Crippen LogP contribution in [-0.4, -0.2) is 19.5 Å². The number of hydrogen-bond donors (Lipinski definition) is 0. The van der Waals surface area contributed by atoms with E-state index in [0.29, 0.717) is 23.4 Å². The van der Waals surface area contributed by atoms with Gasteiger partial charge in [-0.25, -0.2) is 15.0 Å². The predicted molar refractivity (Wildman–Crippen MR) is 219 cm³/mol. The minimum Gasteiger partial charge on any atom is -0.309 e. The molecule has 0 fully saturated rings. The van der Waals surface area contributed by atoms with Crippen molar-refractivity contribution in [3.8, 4) is 39.9 Å². The van der Waals surface area contributed by atoms with Crippen LogP contribution in [0.25, 0.3) is 89.1 Å². The third-order valence-electron chi connectivity index (χ3n) is 11.0. The van der Waals surface area contributed by atoms with Crippen LogP contribution in [0.15, 0.2) is 175 Å². The van der Waals surface area contributed by atoms with Crippen LogP contribution < -0.4 is 0 Å². The van der Waals surface area contributed by atoms with Gasteiger partial charge in [-0.05, 0) is 80.2 Å². The highest BCUT2D eigenvalue weighted by Gasteiger charge is 2.27. The number of nitrogens with zero attached hydrogens (tertiary/aromatic N) is 4. The Morgan fingerprint density at radius 2 is 1.19 bits per heavy atom. The average Bonchev–Trinajstić information content (AvgIpc) is 3.55. The fourth-order valence-corrected chi connectivity index (χ4v) is 8.44. The Kier molecular flexibility index (Phi) is 6.65. The topological polar surface area (TPSA) is 43.6 Å². The highest BCUT2D eigenvalue weighted by atomic mass is 15.1. The third-order valence-corrected chi connectivity index (χ3v) is 11.0. The maximum Gasteiger partial charge on any atom is 0.166 e. The van der Waals surface area contributed by atoms with Crippen LogP contribution in [0.1, 0.15) is 11.3 Å². The molecule has 1 unspecified atom stereocenters. The summed E-state index contributed by atoms with van der Waals surface area (Å²) in [5, 5.41) is 8.67. The minimum atomic E-state index is 0.390. The van der Waals surface area contributed by atoms with Crippen molar-refractivity contribution in [1.29, 1.82) is 0 Å². The summed E-state index contributed by atoms with van der Waals surface area (Å²) in [6.07, 6.45) is 12.2. The monoisotopic (exact) mass is 676 g/mol. The second-order valence-electron chi connectivity index (χ2n) is 14.0. The molecule has 0 saturated heterocycles. The molecule has 0 amide bonds. The Balaban J connectivity index is 1.11. The maximum atomic E-state index is 5.27. The molecule has 53 heavy (non-hydrogen) atoms. The van der Waals surface area contributed by atoms with Gasteiger partial charge in [0.15, 0.2) is 17.5 Å². The zero-order valence-corrected chi connectivity index (χ0v) is 28.8. The average molecular weight is 677 g/mol. The van der Waals surface area contributed by atoms with Gasteiger partial charge < -0.3 is 4.57 Å². The highest BCUT2D eigenvalue weighted by molar-refractivity contribution is 6.17. The first-order chi connectivity index (χ1) is 26.3. The maximum absolute atomic E-state index is 5.27. The molecule has 2 heterocycles. The molecule has 248 valence electrons. The van der Waals surface area contributed by atoms with Crippen molar-refractivity contribution in [2.75, 3.05) is 0 Å². The molecule has 7 aromatic carbocycles. The van der Waals surface area contributed by atoms with Gasteiger partial charge >= 0.3 is 0 Å². The molecule has 9 aromatic rings. The van der Waals surface area contributed by atoms with Gasteiger partial charge in [0.25, 0.3) is 0 Å². The second-order valence-corrected chi connectivity index (χ2v) is 14.0. The van der Waals surface area contributed by atoms with Crippen LogP contribution in [0.2, 0.25) is 0 Å². The second kappa shape index (κ2) is 11.8. The first-order valence-electron chi connectivity index (χ1n) is 18.2. The third kappa shape index (κ3) is 4.80. The van der Waals surface area contributed by atoms with Gasteiger partial charge in [0.1, 0.15) is 0 Å². The fraction of sp³-hybridized carbons (Fsp3) is 0.0408. The highest BCUT2D eigenvalue weighted by Crippen LogP contribution is 2.41. The van der Waals surface area contributed by atoms with Gasteiger partial charge in [0, 0.05) is 28.0 Å². The van der Waals surface area contributed by atoms with Crippen molar-refractivity contribution in [3.05, 3.63) is 187 Å². The van der Waals surface area contributed by atoms with Gasteiger partial charge in [0.05, 0.1) is 16.9 Å². The zero-order valence-electron chi connectivity index (χ0n) is 28.8. The summed E-state index contributed by atoms with van der Waals surface area (Å²) in [5.74, 6) is 2.32. The van der Waals surface area contributed by atoms with E-state index in [1.54, 1.807) is 0 Å². The van der Waals surface area contributed by atoms with Gasteiger partial charge in [-0.1, -0.05) is 146 Å². The normalized spacial score (nSPS) is 14.9. The lowest BCUT2D eigenvalue weighted by Gasteiger charge is -2.23. The molecule has 4 heteroatoms. The van der Waals surface area contributed by atoms with Gasteiger partial charge in [0.2, 0.25) is 0 Å². The van der Waals surface area contributed by atoms with Crippen LogP contribution >= 0.6 is 0 Å². The summed E-state index contributed by atoms with van der Waals surface area (Å²) in [5.41, 5.74) is 9.02. The van der Waals surface area contributed by atoms with Crippen LogP contribution in [0.4, 0.5) is 0 Å². The zero-order chi connectivity index (χ0) is 34.9. The van der Waals surface area contributed by atoms with E-state index in [1.165, 1.54) is 54.7 Å². The number of aromatic nitrogens is 4. The molecule has 2 aliphatic carbocycles. The Morgan fingerprint density at radius 3 is 2.08 bits per heavy atom. The lowest BCUT2D eigenvalue weighted by Crippen LogP contribution is -2.12. The lowest BCUT2D eigenvalue weighted by atomic mass is 9.83. The van der Waals surface area contributed by atoms with Gasteiger partial charge in [-0.2, -0.15) is 0 Å². The molecule has 0 aliphatic heterocycles. The summed E-state index contributed by atoms with van der Waals surface area (Å²) in [4.78, 5) is 15.6. The van der Waals surface area contributed by atoms with Crippen molar-refractivity contribution in [2.45, 2.75) is 6.42 Å². The largest absolute Gasteiger partial charge is 0.309 e. The number of rotatable bonds is 4. The Labute approximate surface area is 306 Å². The number of para-hydroxylation sites is 2. The summed E-state index contributed by atoms with van der Waals surface area (Å²) in [7, 11) is 0. The van der Waals surface area contributed by atoms with E-state index in [-0.39, 0.29) is 0 Å². The van der Waals surface area contributed by atoms with Crippen molar-refractivity contribution >= 4 is 49.3 Å². The predicted octanol–water partition coefficient (Wildman–Crippen LogP) is 12.0. The van der Waals surface area contributed by atoms with Gasteiger partial charge in [-0.3, -0.25) is 0 Å². The molecule has 2 aromatic heterocycles. The summed E-state index contributed by atoms with van der Waals surface area (Å²) < 4.78 is 2.41. The van der Waals surface area contributed by atoms with E-state index in [4.69, 9.17) is 15.0 Å². The molecule has 4 nitrogen and oxygen atoms in total. The van der Waals surface area contributed by atoms with Crippen molar-refractivity contribution in [2.24, 2.45) is 5.92 Å². The minimum absolute atomic E-state index is 0.390. The summed E-state index contributed by atoms with van der Waals surface area (Å²) >= 11 is 0. The smallest absolute Gasteiger partial charge is 0.166 e. The van der Waals surface area contributed by atoms with E-state index >= 15 is 0 Å². The van der Waals surface area contributed by atoms with E-state index in [1.807, 2.05) is 18.2 Å². The van der Waals surface area contributed by atoms with E-state index < -0.39 is 0 Å². The van der Waals surface area contributed by atoms with Crippen molar-refractivity contribution < 1.29 is 0 Å². The van der Waals surface area contributed by atoms with Crippen LogP contribution in [0.5, 0.6) is 0 Å². The Hall–Kier alpha value is -6.91. The number of benzene rings is 7. The van der Waals surface area contributed by atoms with Crippen molar-refractivity contribution in [3.63, 3.8) is 0 Å². The van der Waals surface area contributed by atoms with Gasteiger partial charge in [-0.15, -0.1) is 0 Å². The molecular formula is C49H32N4. The quantitative estimate of drug-likeness (QED) is 0.174. The van der Waals surface area contributed by atoms with E-state index in [2.05, 4.69) is 162 Å². The Bertz CT molecular complexity index is 3040. The fourth-order valence-electron chi connectivity index (χ4n) is 8.44. The number of hydrogen-bond acceptors (Lipinski definition) is 3. The molecule has 1 atom stereocenters. The number of fused-ring (bicyclic) bond motifs is 9. The molecule has 0 spiro atoms. The van der Waals surface area contributed by atoms with E-state index in [9.17, 15) is 0 Å². The lowest BCUT2D eigenvalue weighted by molar-refractivity contribution is 0.758. The van der Waals surface area contributed by atoms with Crippen LogP contribution in [0, 0.1) is 5.92 Å². The van der Waals surface area contributed by atoms with E-state index in [0.717, 1.165) is 34.2 Å². The first-order valence-corrected chi connectivity index (χ1v) is 18.2. The molecule has 2 aliphatic rings. The summed E-state index contributed by atoms with van der Waals surface area (Å²) in [6, 6.07) is 51.6. The van der Waals surface area contributed by atoms with Crippen molar-refractivity contribution in [1.82, 2.24) is 19.5 Å². The van der Waals surface area contributed by atoms with Crippen LogP contribution in [0.3, 0.4) is 0 Å².